The van der Waals surface area contributed by atoms with Crippen LogP contribution in [0.5, 0.6) is 0 Å². The number of fused-ring (bicyclic) bond motifs is 1. The molecule has 0 bridgehead atoms. The van der Waals surface area contributed by atoms with E-state index in [9.17, 15) is 18.0 Å². The van der Waals surface area contributed by atoms with E-state index in [0.29, 0.717) is 11.4 Å². The molecule has 4 rings (SSSR count). The second-order valence-corrected chi connectivity index (χ2v) is 6.12. The summed E-state index contributed by atoms with van der Waals surface area (Å²) in [6.07, 6.45) is -2.56. The van der Waals surface area contributed by atoms with Gasteiger partial charge in [-0.15, -0.1) is 0 Å². The summed E-state index contributed by atoms with van der Waals surface area (Å²) in [5.74, 6) is 0.0240. The third-order valence-corrected chi connectivity index (χ3v) is 4.46. The first-order valence-corrected chi connectivity index (χ1v) is 8.04. The van der Waals surface area contributed by atoms with Crippen LogP contribution in [0.3, 0.4) is 0 Å². The first-order valence-electron chi connectivity index (χ1n) is 8.04. The fourth-order valence-electron chi connectivity index (χ4n) is 3.19. The quantitative estimate of drug-likeness (QED) is 0.741. The molecule has 1 amide bonds. The number of para-hydroxylation sites is 1. The average Bonchev–Trinajstić information content (AvgIpc) is 3.05. The maximum atomic E-state index is 12.8. The number of benzene rings is 2. The van der Waals surface area contributed by atoms with Gasteiger partial charge < -0.3 is 5.32 Å². The fraction of sp³-hybridized carbons (Fsp3) is 0.158. The minimum Gasteiger partial charge on any atom is -0.310 e. The largest absolute Gasteiger partial charge is 0.416 e. The summed E-state index contributed by atoms with van der Waals surface area (Å²) in [4.78, 5) is 12.2. The van der Waals surface area contributed by atoms with Gasteiger partial charge in [0.05, 0.1) is 17.4 Å². The van der Waals surface area contributed by atoms with Crippen LogP contribution in [0.15, 0.2) is 60.8 Å². The molecule has 26 heavy (non-hydrogen) atoms. The Morgan fingerprint density at radius 1 is 1.04 bits per heavy atom. The molecule has 0 radical (unpaired) electrons. The lowest BCUT2D eigenvalue weighted by Gasteiger charge is -2.24. The Labute approximate surface area is 147 Å². The molecule has 1 aromatic heterocycles. The zero-order chi connectivity index (χ0) is 18.3. The van der Waals surface area contributed by atoms with E-state index in [1.165, 1.54) is 12.1 Å². The summed E-state index contributed by atoms with van der Waals surface area (Å²) >= 11 is 0. The first-order chi connectivity index (χ1) is 12.4. The van der Waals surface area contributed by atoms with Crippen molar-refractivity contribution in [2.24, 2.45) is 0 Å². The van der Waals surface area contributed by atoms with Crippen LogP contribution in [0, 0.1) is 0 Å². The molecule has 2 aromatic carbocycles. The number of hydrogen-bond acceptors (Lipinski definition) is 2. The Morgan fingerprint density at radius 2 is 1.73 bits per heavy atom. The van der Waals surface area contributed by atoms with Crippen LogP contribution in [0.1, 0.15) is 29.0 Å². The molecule has 0 saturated carbocycles. The van der Waals surface area contributed by atoms with E-state index < -0.39 is 11.7 Å². The Kier molecular flexibility index (Phi) is 3.79. The van der Waals surface area contributed by atoms with E-state index in [-0.39, 0.29) is 18.2 Å². The molecule has 0 saturated heterocycles. The molecular weight excluding hydrogens is 343 g/mol. The zero-order valence-corrected chi connectivity index (χ0v) is 13.5. The number of carbonyl (C=O) groups is 1. The highest BCUT2D eigenvalue weighted by Gasteiger charge is 2.33. The van der Waals surface area contributed by atoms with Crippen LogP contribution in [0.2, 0.25) is 0 Å². The van der Waals surface area contributed by atoms with Crippen LogP contribution in [0.25, 0.3) is 5.69 Å². The topological polar surface area (TPSA) is 46.9 Å². The van der Waals surface area contributed by atoms with Gasteiger partial charge in [0.25, 0.3) is 0 Å². The lowest BCUT2D eigenvalue weighted by Crippen LogP contribution is -2.24. The van der Waals surface area contributed by atoms with Crippen molar-refractivity contribution in [3.63, 3.8) is 0 Å². The Morgan fingerprint density at radius 3 is 2.38 bits per heavy atom. The number of rotatable bonds is 2. The molecule has 0 spiro atoms. The second kappa shape index (κ2) is 6.01. The van der Waals surface area contributed by atoms with Crippen molar-refractivity contribution >= 4 is 11.7 Å². The number of amides is 1. The second-order valence-electron chi connectivity index (χ2n) is 6.12. The average molecular weight is 357 g/mol. The number of carbonyl (C=O) groups excluding carboxylic acids is 1. The number of alkyl halides is 3. The number of hydrogen-bond donors (Lipinski definition) is 1. The van der Waals surface area contributed by atoms with Gasteiger partial charge in [-0.1, -0.05) is 30.3 Å². The van der Waals surface area contributed by atoms with E-state index in [1.807, 2.05) is 30.3 Å². The number of nitrogens with one attached hydrogen (secondary N) is 1. The number of nitrogens with zero attached hydrogens (tertiary/aromatic N) is 2. The van der Waals surface area contributed by atoms with Crippen LogP contribution in [-0.2, 0) is 11.0 Å². The molecule has 1 atom stereocenters. The van der Waals surface area contributed by atoms with Gasteiger partial charge in [-0.3, -0.25) is 4.79 Å². The van der Waals surface area contributed by atoms with Crippen molar-refractivity contribution in [2.45, 2.75) is 18.5 Å². The maximum absolute atomic E-state index is 12.8. The van der Waals surface area contributed by atoms with Crippen molar-refractivity contribution in [1.82, 2.24) is 9.78 Å². The van der Waals surface area contributed by atoms with Crippen LogP contribution < -0.4 is 5.32 Å². The first kappa shape index (κ1) is 16.4. The van der Waals surface area contributed by atoms with Crippen molar-refractivity contribution in [2.75, 3.05) is 5.32 Å². The fourth-order valence-corrected chi connectivity index (χ4v) is 3.19. The molecule has 0 aliphatic carbocycles. The maximum Gasteiger partial charge on any atom is 0.416 e. The molecule has 1 N–H and O–H groups in total. The highest BCUT2D eigenvalue weighted by atomic mass is 19.4. The molecule has 2 heterocycles. The third-order valence-electron chi connectivity index (χ3n) is 4.46. The van der Waals surface area contributed by atoms with Gasteiger partial charge in [0, 0.05) is 17.9 Å². The summed E-state index contributed by atoms with van der Waals surface area (Å²) in [7, 11) is 0. The van der Waals surface area contributed by atoms with Gasteiger partial charge in [0.1, 0.15) is 5.82 Å². The van der Waals surface area contributed by atoms with Crippen LogP contribution >= 0.6 is 0 Å². The monoisotopic (exact) mass is 357 g/mol. The van der Waals surface area contributed by atoms with Crippen molar-refractivity contribution < 1.29 is 18.0 Å². The lowest BCUT2D eigenvalue weighted by molar-refractivity contribution is -0.137. The van der Waals surface area contributed by atoms with E-state index in [2.05, 4.69) is 10.4 Å². The minimum atomic E-state index is -4.38. The number of halogens is 3. The van der Waals surface area contributed by atoms with Crippen molar-refractivity contribution in [3.8, 4) is 5.69 Å². The van der Waals surface area contributed by atoms with Crippen molar-refractivity contribution in [1.29, 1.82) is 0 Å². The summed E-state index contributed by atoms with van der Waals surface area (Å²) < 4.78 is 40.0. The molecule has 0 unspecified atom stereocenters. The normalized spacial score (nSPS) is 16.9. The molecule has 132 valence electrons. The predicted octanol–water partition coefficient (Wildman–Crippen LogP) is 4.37. The van der Waals surface area contributed by atoms with E-state index >= 15 is 0 Å². The van der Waals surface area contributed by atoms with E-state index in [0.717, 1.165) is 23.4 Å². The number of anilines is 1. The standard InChI is InChI=1S/C19H14F3N3O/c20-19(21,22)13-8-6-12(7-9-13)15-10-17(26)24-18-16(15)11-23-25(18)14-4-2-1-3-5-14/h1-9,11,15H,10H2,(H,24,26)/t15-/m0/s1. The molecule has 0 fully saturated rings. The Balaban J connectivity index is 1.75. The Bertz CT molecular complexity index is 946. The predicted molar refractivity (Wildman–Crippen MR) is 90.1 cm³/mol. The summed E-state index contributed by atoms with van der Waals surface area (Å²) in [5, 5.41) is 7.18. The number of aromatic nitrogens is 2. The smallest absolute Gasteiger partial charge is 0.310 e. The highest BCUT2D eigenvalue weighted by molar-refractivity contribution is 5.94. The molecular formula is C19H14F3N3O. The van der Waals surface area contributed by atoms with Gasteiger partial charge in [0.15, 0.2) is 0 Å². The molecule has 1 aliphatic heterocycles. The molecule has 7 heteroatoms. The van der Waals surface area contributed by atoms with Gasteiger partial charge in [0.2, 0.25) is 5.91 Å². The van der Waals surface area contributed by atoms with Gasteiger partial charge in [-0.25, -0.2) is 4.68 Å². The van der Waals surface area contributed by atoms with Gasteiger partial charge in [-0.2, -0.15) is 18.3 Å². The molecule has 1 aliphatic rings. The SMILES string of the molecule is O=C1C[C@@H](c2ccc(C(F)(F)F)cc2)c2cnn(-c3ccccc3)c2N1. The summed E-state index contributed by atoms with van der Waals surface area (Å²) in [6, 6.07) is 14.3. The van der Waals surface area contributed by atoms with Crippen molar-refractivity contribution in [3.05, 3.63) is 77.5 Å². The molecule has 4 nitrogen and oxygen atoms in total. The summed E-state index contributed by atoms with van der Waals surface area (Å²) in [6.45, 7) is 0. The third kappa shape index (κ3) is 2.85. The van der Waals surface area contributed by atoms with Gasteiger partial charge >= 0.3 is 6.18 Å². The zero-order valence-electron chi connectivity index (χ0n) is 13.5. The van der Waals surface area contributed by atoms with Crippen LogP contribution in [0.4, 0.5) is 19.0 Å². The minimum absolute atomic E-state index is 0.166. The summed E-state index contributed by atoms with van der Waals surface area (Å²) in [5.41, 5.74) is 1.53. The lowest BCUT2D eigenvalue weighted by atomic mass is 9.87. The van der Waals surface area contributed by atoms with E-state index in [4.69, 9.17) is 0 Å². The highest BCUT2D eigenvalue weighted by Crippen LogP contribution is 2.39. The van der Waals surface area contributed by atoms with Gasteiger partial charge in [-0.05, 0) is 29.8 Å². The Hall–Kier alpha value is -3.09. The van der Waals surface area contributed by atoms with E-state index in [1.54, 1.807) is 10.9 Å². The molecule has 3 aromatic rings. The van der Waals surface area contributed by atoms with Crippen LogP contribution in [-0.4, -0.2) is 15.7 Å².